The van der Waals surface area contributed by atoms with Gasteiger partial charge < -0.3 is 15.5 Å². The number of nitrogens with zero attached hydrogens (tertiary/aromatic N) is 2. The van der Waals surface area contributed by atoms with E-state index in [0.717, 1.165) is 32.6 Å². The zero-order valence-electron chi connectivity index (χ0n) is 11.8. The monoisotopic (exact) mass is 247 g/mol. The Balaban J connectivity index is 2.09. The van der Waals surface area contributed by atoms with E-state index in [2.05, 4.69) is 48.9 Å². The van der Waals surface area contributed by atoms with Gasteiger partial charge in [-0.25, -0.2) is 0 Å². The summed E-state index contributed by atoms with van der Waals surface area (Å²) in [5.41, 5.74) is 9.96. The molecule has 3 heteroatoms. The van der Waals surface area contributed by atoms with Gasteiger partial charge in [-0.2, -0.15) is 0 Å². The minimum atomic E-state index is 0.235. The van der Waals surface area contributed by atoms with Crippen molar-refractivity contribution in [3.63, 3.8) is 0 Å². The summed E-state index contributed by atoms with van der Waals surface area (Å²) >= 11 is 0. The first-order valence-corrected chi connectivity index (χ1v) is 6.85. The van der Waals surface area contributed by atoms with Gasteiger partial charge in [-0.15, -0.1) is 0 Å². The van der Waals surface area contributed by atoms with Gasteiger partial charge in [0, 0.05) is 37.9 Å². The molecule has 0 aromatic heterocycles. The minimum Gasteiger partial charge on any atom is -0.369 e. The molecule has 0 amide bonds. The molecule has 3 nitrogen and oxygen atoms in total. The van der Waals surface area contributed by atoms with Crippen LogP contribution in [0.5, 0.6) is 0 Å². The molecule has 0 bridgehead atoms. The van der Waals surface area contributed by atoms with Crippen LogP contribution in [0, 0.1) is 6.92 Å². The Morgan fingerprint density at radius 2 is 1.89 bits per heavy atom. The molecule has 1 unspecified atom stereocenters. The summed E-state index contributed by atoms with van der Waals surface area (Å²) in [6, 6.07) is 7.01. The van der Waals surface area contributed by atoms with Crippen molar-refractivity contribution in [2.24, 2.45) is 5.73 Å². The largest absolute Gasteiger partial charge is 0.369 e. The first-order chi connectivity index (χ1) is 8.56. The van der Waals surface area contributed by atoms with E-state index >= 15 is 0 Å². The molecule has 2 rings (SSSR count). The lowest BCUT2D eigenvalue weighted by molar-refractivity contribution is 0.312. The molecule has 18 heavy (non-hydrogen) atoms. The molecule has 1 atom stereocenters. The second kappa shape index (κ2) is 5.72. The number of nitrogens with two attached hydrogens (primary N) is 1. The average Bonchev–Trinajstić information content (AvgIpc) is 2.30. The Bertz CT molecular complexity index is 393. The predicted octanol–water partition coefficient (Wildman–Crippen LogP) is 1.64. The van der Waals surface area contributed by atoms with E-state index in [-0.39, 0.29) is 6.04 Å². The van der Waals surface area contributed by atoms with Crippen molar-refractivity contribution >= 4 is 5.69 Å². The summed E-state index contributed by atoms with van der Waals surface area (Å²) in [4.78, 5) is 4.88. The lowest BCUT2D eigenvalue weighted by atomic mass is 10.0. The van der Waals surface area contributed by atoms with Crippen molar-refractivity contribution < 1.29 is 0 Å². The molecule has 1 aliphatic heterocycles. The molecule has 1 heterocycles. The molecular formula is C15H25N3. The van der Waals surface area contributed by atoms with Crippen LogP contribution < -0.4 is 10.6 Å². The third kappa shape index (κ3) is 3.24. The Hall–Kier alpha value is -1.06. The summed E-state index contributed by atoms with van der Waals surface area (Å²) in [5.74, 6) is 0. The van der Waals surface area contributed by atoms with E-state index in [1.165, 1.54) is 16.8 Å². The van der Waals surface area contributed by atoms with Crippen LogP contribution in [0.4, 0.5) is 5.69 Å². The third-order valence-electron chi connectivity index (χ3n) is 3.66. The topological polar surface area (TPSA) is 32.5 Å². The fourth-order valence-electron chi connectivity index (χ4n) is 2.62. The zero-order chi connectivity index (χ0) is 13.1. The molecule has 0 aliphatic carbocycles. The second-order valence-corrected chi connectivity index (χ2v) is 5.59. The number of hydrogen-bond donors (Lipinski definition) is 1. The maximum atomic E-state index is 5.85. The lowest BCUT2D eigenvalue weighted by Crippen LogP contribution is -2.44. The molecule has 2 N–H and O–H groups in total. The summed E-state index contributed by atoms with van der Waals surface area (Å²) < 4.78 is 0. The van der Waals surface area contributed by atoms with Gasteiger partial charge in [0.1, 0.15) is 0 Å². The summed E-state index contributed by atoms with van der Waals surface area (Å²) in [6.07, 6.45) is 0.962. The van der Waals surface area contributed by atoms with Gasteiger partial charge in [0.15, 0.2) is 0 Å². The standard InChI is InChI=1S/C15H25N3/c1-12-10-14(11-13(2)16)4-5-15(12)18-8-6-17(3)7-9-18/h4-5,10,13H,6-9,11,16H2,1-3H3. The molecule has 1 fully saturated rings. The van der Waals surface area contributed by atoms with Crippen LogP contribution >= 0.6 is 0 Å². The highest BCUT2D eigenvalue weighted by Gasteiger charge is 2.15. The van der Waals surface area contributed by atoms with Gasteiger partial charge in [0.25, 0.3) is 0 Å². The number of aryl methyl sites for hydroxylation is 1. The van der Waals surface area contributed by atoms with Crippen LogP contribution in [0.1, 0.15) is 18.1 Å². The highest BCUT2D eigenvalue weighted by Crippen LogP contribution is 2.22. The quantitative estimate of drug-likeness (QED) is 0.881. The molecule has 1 aliphatic rings. The van der Waals surface area contributed by atoms with Crippen molar-refractivity contribution in [1.82, 2.24) is 4.90 Å². The van der Waals surface area contributed by atoms with E-state index < -0.39 is 0 Å². The molecule has 0 radical (unpaired) electrons. The summed E-state index contributed by atoms with van der Waals surface area (Å²) in [5, 5.41) is 0. The molecule has 0 spiro atoms. The first kappa shape index (κ1) is 13.4. The number of hydrogen-bond acceptors (Lipinski definition) is 3. The molecule has 1 saturated heterocycles. The van der Waals surface area contributed by atoms with Crippen molar-refractivity contribution in [2.45, 2.75) is 26.3 Å². The second-order valence-electron chi connectivity index (χ2n) is 5.59. The van der Waals surface area contributed by atoms with Gasteiger partial charge in [-0.3, -0.25) is 0 Å². The Morgan fingerprint density at radius 1 is 1.22 bits per heavy atom. The van der Waals surface area contributed by atoms with Crippen molar-refractivity contribution in [2.75, 3.05) is 38.1 Å². The summed E-state index contributed by atoms with van der Waals surface area (Å²) in [7, 11) is 2.19. The minimum absolute atomic E-state index is 0.235. The lowest BCUT2D eigenvalue weighted by Gasteiger charge is -2.35. The average molecular weight is 247 g/mol. The van der Waals surface area contributed by atoms with E-state index in [9.17, 15) is 0 Å². The number of likely N-dealkylation sites (N-methyl/N-ethyl adjacent to an activating group) is 1. The number of piperazine rings is 1. The van der Waals surface area contributed by atoms with Crippen molar-refractivity contribution in [1.29, 1.82) is 0 Å². The van der Waals surface area contributed by atoms with E-state index in [0.29, 0.717) is 0 Å². The SMILES string of the molecule is Cc1cc(CC(C)N)ccc1N1CCN(C)CC1. The number of anilines is 1. The van der Waals surface area contributed by atoms with E-state index in [1.807, 2.05) is 0 Å². The Morgan fingerprint density at radius 3 is 2.44 bits per heavy atom. The molecule has 1 aromatic rings. The maximum Gasteiger partial charge on any atom is 0.0397 e. The van der Waals surface area contributed by atoms with Gasteiger partial charge in [-0.05, 0) is 44.5 Å². The number of rotatable bonds is 3. The number of benzene rings is 1. The van der Waals surface area contributed by atoms with E-state index in [4.69, 9.17) is 5.73 Å². The zero-order valence-corrected chi connectivity index (χ0v) is 11.8. The normalized spacial score (nSPS) is 19.0. The molecule has 1 aromatic carbocycles. The maximum absolute atomic E-state index is 5.85. The fraction of sp³-hybridized carbons (Fsp3) is 0.600. The fourth-order valence-corrected chi connectivity index (χ4v) is 2.62. The van der Waals surface area contributed by atoms with Crippen molar-refractivity contribution in [3.8, 4) is 0 Å². The smallest absolute Gasteiger partial charge is 0.0397 e. The van der Waals surface area contributed by atoms with Crippen LogP contribution in [-0.2, 0) is 6.42 Å². The van der Waals surface area contributed by atoms with Gasteiger partial charge in [0.2, 0.25) is 0 Å². The highest BCUT2D eigenvalue weighted by molar-refractivity contribution is 5.55. The first-order valence-electron chi connectivity index (χ1n) is 6.85. The van der Waals surface area contributed by atoms with Crippen LogP contribution in [0.15, 0.2) is 18.2 Å². The van der Waals surface area contributed by atoms with Crippen LogP contribution in [0.2, 0.25) is 0 Å². The van der Waals surface area contributed by atoms with Crippen LogP contribution in [0.25, 0.3) is 0 Å². The van der Waals surface area contributed by atoms with Crippen LogP contribution in [0.3, 0.4) is 0 Å². The van der Waals surface area contributed by atoms with E-state index in [1.54, 1.807) is 0 Å². The molecule has 100 valence electrons. The molecular weight excluding hydrogens is 222 g/mol. The van der Waals surface area contributed by atoms with Gasteiger partial charge in [-0.1, -0.05) is 12.1 Å². The van der Waals surface area contributed by atoms with Gasteiger partial charge in [0.05, 0.1) is 0 Å². The highest BCUT2D eigenvalue weighted by atomic mass is 15.2. The Labute approximate surface area is 111 Å². The van der Waals surface area contributed by atoms with Crippen molar-refractivity contribution in [3.05, 3.63) is 29.3 Å². The molecule has 0 saturated carbocycles. The van der Waals surface area contributed by atoms with Gasteiger partial charge >= 0.3 is 0 Å². The third-order valence-corrected chi connectivity index (χ3v) is 3.66. The summed E-state index contributed by atoms with van der Waals surface area (Å²) in [6.45, 7) is 8.83. The van der Waals surface area contributed by atoms with Crippen LogP contribution in [-0.4, -0.2) is 44.2 Å². The predicted molar refractivity (Wildman–Crippen MR) is 78.2 cm³/mol. The Kier molecular flexibility index (Phi) is 4.25.